The number of phenols is 1. The lowest BCUT2D eigenvalue weighted by molar-refractivity contribution is -0.165. The predicted octanol–water partition coefficient (Wildman–Crippen LogP) is 1.65. The Morgan fingerprint density at radius 1 is 1.50 bits per heavy atom. The third-order valence-electron chi connectivity index (χ3n) is 3.24. The van der Waals surface area contributed by atoms with Crippen LogP contribution >= 0.6 is 0 Å². The number of hydrogen-bond donors (Lipinski definition) is 2. The number of carbonyl (C=O) groups is 1. The normalized spacial score (nSPS) is 23.8. The zero-order valence-corrected chi connectivity index (χ0v) is 9.06. The maximum atomic E-state index is 11.4. The minimum Gasteiger partial charge on any atom is -0.508 e. The van der Waals surface area contributed by atoms with Gasteiger partial charge in [0.25, 0.3) is 0 Å². The number of carboxylic acids is 1. The van der Waals surface area contributed by atoms with Crippen LogP contribution in [0.3, 0.4) is 0 Å². The van der Waals surface area contributed by atoms with Gasteiger partial charge in [-0.3, -0.25) is 0 Å². The molecule has 0 saturated carbocycles. The first-order valence-corrected chi connectivity index (χ1v) is 5.21. The third-order valence-corrected chi connectivity index (χ3v) is 3.24. The van der Waals surface area contributed by atoms with E-state index >= 15 is 0 Å². The van der Waals surface area contributed by atoms with Crippen molar-refractivity contribution in [3.63, 3.8) is 0 Å². The average Bonchev–Trinajstić information content (AvgIpc) is 2.28. The molecule has 1 aliphatic rings. The largest absolute Gasteiger partial charge is 0.508 e. The molecule has 2 rings (SSSR count). The highest BCUT2D eigenvalue weighted by Gasteiger charge is 2.44. The second kappa shape index (κ2) is 3.79. The van der Waals surface area contributed by atoms with E-state index in [1.807, 2.05) is 0 Å². The number of rotatable bonds is 2. The number of fused-ring (bicyclic) bond motifs is 1. The van der Waals surface area contributed by atoms with Crippen molar-refractivity contribution in [2.45, 2.75) is 24.9 Å². The topological polar surface area (TPSA) is 66.8 Å². The molecule has 1 atom stereocenters. The number of hydrogen-bond acceptors (Lipinski definition) is 3. The van der Waals surface area contributed by atoms with Crippen LogP contribution in [0.5, 0.6) is 5.75 Å². The molecule has 0 aliphatic heterocycles. The number of aliphatic carboxylic acids is 1. The Kier molecular flexibility index (Phi) is 2.59. The van der Waals surface area contributed by atoms with Crippen molar-refractivity contribution in [2.75, 3.05) is 7.11 Å². The van der Waals surface area contributed by atoms with Crippen molar-refractivity contribution in [1.29, 1.82) is 0 Å². The zero-order chi connectivity index (χ0) is 11.8. The van der Waals surface area contributed by atoms with Gasteiger partial charge in [0.1, 0.15) is 5.75 Å². The maximum Gasteiger partial charge on any atom is 0.340 e. The molecule has 1 unspecified atom stereocenters. The highest BCUT2D eigenvalue weighted by atomic mass is 16.5. The summed E-state index contributed by atoms with van der Waals surface area (Å²) in [5.74, 6) is -0.846. The molecule has 0 aromatic heterocycles. The lowest BCUT2D eigenvalue weighted by Crippen LogP contribution is -2.40. The van der Waals surface area contributed by atoms with Gasteiger partial charge in [0.15, 0.2) is 5.60 Å². The molecule has 0 amide bonds. The zero-order valence-electron chi connectivity index (χ0n) is 9.06. The first-order valence-electron chi connectivity index (χ1n) is 5.21. The Hall–Kier alpha value is -1.55. The van der Waals surface area contributed by atoms with Crippen molar-refractivity contribution in [3.8, 4) is 5.75 Å². The first kappa shape index (κ1) is 11.0. The van der Waals surface area contributed by atoms with Crippen LogP contribution in [0.2, 0.25) is 0 Å². The lowest BCUT2D eigenvalue weighted by Gasteiger charge is -2.34. The summed E-state index contributed by atoms with van der Waals surface area (Å²) < 4.78 is 5.21. The Balaban J connectivity index is 2.63. The van der Waals surface area contributed by atoms with Gasteiger partial charge in [0, 0.05) is 18.2 Å². The average molecular weight is 222 g/mol. The molecule has 1 aromatic rings. The van der Waals surface area contributed by atoms with Gasteiger partial charge in [-0.05, 0) is 25.3 Å². The van der Waals surface area contributed by atoms with Gasteiger partial charge in [0.2, 0.25) is 0 Å². The summed E-state index contributed by atoms with van der Waals surface area (Å²) in [6.45, 7) is 0. The lowest BCUT2D eigenvalue weighted by atomic mass is 9.78. The van der Waals surface area contributed by atoms with Gasteiger partial charge in [-0.2, -0.15) is 0 Å². The molecule has 1 aliphatic carbocycles. The van der Waals surface area contributed by atoms with Crippen LogP contribution in [-0.4, -0.2) is 23.3 Å². The summed E-state index contributed by atoms with van der Waals surface area (Å²) in [7, 11) is 1.40. The van der Waals surface area contributed by atoms with Crippen LogP contribution in [0, 0.1) is 0 Å². The molecule has 0 radical (unpaired) electrons. The summed E-state index contributed by atoms with van der Waals surface area (Å²) in [4.78, 5) is 11.4. The summed E-state index contributed by atoms with van der Waals surface area (Å²) in [6, 6.07) is 4.94. The van der Waals surface area contributed by atoms with E-state index in [2.05, 4.69) is 0 Å². The van der Waals surface area contributed by atoms with Crippen LogP contribution < -0.4 is 0 Å². The van der Waals surface area contributed by atoms with Crippen molar-refractivity contribution in [1.82, 2.24) is 0 Å². The fourth-order valence-corrected chi connectivity index (χ4v) is 2.39. The van der Waals surface area contributed by atoms with Crippen LogP contribution in [0.1, 0.15) is 24.0 Å². The quantitative estimate of drug-likeness (QED) is 0.798. The second-order valence-corrected chi connectivity index (χ2v) is 3.99. The van der Waals surface area contributed by atoms with Crippen LogP contribution in [0.4, 0.5) is 0 Å². The molecule has 86 valence electrons. The molecular formula is C12H14O4. The number of ether oxygens (including phenoxy) is 1. The molecule has 0 spiro atoms. The smallest absolute Gasteiger partial charge is 0.340 e. The minimum absolute atomic E-state index is 0.153. The minimum atomic E-state index is -1.30. The monoisotopic (exact) mass is 222 g/mol. The van der Waals surface area contributed by atoms with Gasteiger partial charge < -0.3 is 14.9 Å². The van der Waals surface area contributed by atoms with Crippen LogP contribution in [0.25, 0.3) is 0 Å². The first-order chi connectivity index (χ1) is 7.62. The standard InChI is InChI=1S/C12H14O4/c1-16-12(11(14)15)7-3-4-8-9(12)5-2-6-10(8)13/h2,5-6,13H,3-4,7H2,1H3,(H,14,15). The molecule has 4 heteroatoms. The fraction of sp³-hybridized carbons (Fsp3) is 0.417. The summed E-state index contributed by atoms with van der Waals surface area (Å²) in [5, 5.41) is 19.0. The van der Waals surface area contributed by atoms with E-state index in [-0.39, 0.29) is 5.75 Å². The number of carboxylic acid groups (broad SMARTS) is 1. The van der Waals surface area contributed by atoms with Crippen LogP contribution in [0.15, 0.2) is 18.2 Å². The second-order valence-electron chi connectivity index (χ2n) is 3.99. The van der Waals surface area contributed by atoms with E-state index < -0.39 is 11.6 Å². The third kappa shape index (κ3) is 1.38. The molecule has 0 saturated heterocycles. The van der Waals surface area contributed by atoms with Crippen molar-refractivity contribution >= 4 is 5.97 Å². The van der Waals surface area contributed by atoms with Crippen molar-refractivity contribution < 1.29 is 19.7 Å². The van der Waals surface area contributed by atoms with E-state index in [1.54, 1.807) is 18.2 Å². The SMILES string of the molecule is COC1(C(=O)O)CCCc2c(O)cccc21. The van der Waals surface area contributed by atoms with E-state index in [9.17, 15) is 15.0 Å². The Morgan fingerprint density at radius 2 is 2.25 bits per heavy atom. The Labute approximate surface area is 93.5 Å². The summed E-state index contributed by atoms with van der Waals surface area (Å²) in [6.07, 6.45) is 1.83. The number of aromatic hydroxyl groups is 1. The van der Waals surface area contributed by atoms with E-state index in [0.29, 0.717) is 30.4 Å². The van der Waals surface area contributed by atoms with E-state index in [4.69, 9.17) is 4.74 Å². The highest BCUT2D eigenvalue weighted by Crippen LogP contribution is 2.41. The van der Waals surface area contributed by atoms with E-state index in [1.165, 1.54) is 7.11 Å². The molecule has 1 aromatic carbocycles. The molecular weight excluding hydrogens is 208 g/mol. The van der Waals surface area contributed by atoms with Gasteiger partial charge >= 0.3 is 5.97 Å². The molecule has 16 heavy (non-hydrogen) atoms. The highest BCUT2D eigenvalue weighted by molar-refractivity contribution is 5.81. The number of methoxy groups -OCH3 is 1. The van der Waals surface area contributed by atoms with Crippen molar-refractivity contribution in [3.05, 3.63) is 29.3 Å². The molecule has 0 fully saturated rings. The van der Waals surface area contributed by atoms with Gasteiger partial charge in [0.05, 0.1) is 0 Å². The van der Waals surface area contributed by atoms with Crippen molar-refractivity contribution in [2.24, 2.45) is 0 Å². The summed E-state index contributed by atoms with van der Waals surface area (Å²) >= 11 is 0. The molecule has 0 heterocycles. The summed E-state index contributed by atoms with van der Waals surface area (Å²) in [5.41, 5.74) is -0.0291. The van der Waals surface area contributed by atoms with E-state index in [0.717, 1.165) is 0 Å². The number of phenolic OH excluding ortho intramolecular Hbond substituents is 1. The maximum absolute atomic E-state index is 11.4. The predicted molar refractivity (Wildman–Crippen MR) is 57.4 cm³/mol. The fourth-order valence-electron chi connectivity index (χ4n) is 2.39. The van der Waals surface area contributed by atoms with Gasteiger partial charge in [-0.15, -0.1) is 0 Å². The molecule has 2 N–H and O–H groups in total. The Morgan fingerprint density at radius 3 is 2.88 bits per heavy atom. The van der Waals surface area contributed by atoms with Gasteiger partial charge in [-0.25, -0.2) is 4.79 Å². The number of benzene rings is 1. The van der Waals surface area contributed by atoms with Gasteiger partial charge in [-0.1, -0.05) is 12.1 Å². The molecule has 4 nitrogen and oxygen atoms in total. The Bertz CT molecular complexity index is 427. The van der Waals surface area contributed by atoms with Crippen LogP contribution in [-0.2, 0) is 21.6 Å². The molecule has 0 bridgehead atoms.